The van der Waals surface area contributed by atoms with Crippen molar-refractivity contribution in [2.24, 2.45) is 5.92 Å². The lowest BCUT2D eigenvalue weighted by molar-refractivity contribution is 0.360. The number of fused-ring (bicyclic) bond motifs is 1. The van der Waals surface area contributed by atoms with Crippen LogP contribution >= 0.6 is 11.6 Å². The largest absolute Gasteiger partial charge is 0.353 e. The average Bonchev–Trinajstić information content (AvgIpc) is 2.94. The third-order valence-electron chi connectivity index (χ3n) is 4.73. The van der Waals surface area contributed by atoms with Crippen molar-refractivity contribution < 1.29 is 0 Å². The first-order valence-electron chi connectivity index (χ1n) is 7.64. The van der Waals surface area contributed by atoms with Crippen LogP contribution in [-0.4, -0.2) is 17.6 Å². The van der Waals surface area contributed by atoms with E-state index in [0.29, 0.717) is 5.88 Å². The van der Waals surface area contributed by atoms with E-state index >= 15 is 0 Å². The number of hydrogen-bond donors (Lipinski definition) is 0. The van der Waals surface area contributed by atoms with Crippen LogP contribution in [0.15, 0.2) is 12.1 Å². The summed E-state index contributed by atoms with van der Waals surface area (Å²) in [6.45, 7) is 3.34. The molecule has 19 heavy (non-hydrogen) atoms. The summed E-state index contributed by atoms with van der Waals surface area (Å²) in [7, 11) is 0. The number of halogens is 1. The van der Waals surface area contributed by atoms with Gasteiger partial charge in [0.2, 0.25) is 0 Å². The van der Waals surface area contributed by atoms with E-state index in [4.69, 9.17) is 16.6 Å². The molecule has 2 nitrogen and oxygen atoms in total. The lowest BCUT2D eigenvalue weighted by Crippen LogP contribution is -2.43. The molecule has 2 aliphatic rings. The second kappa shape index (κ2) is 5.70. The molecular weight excluding hydrogens is 256 g/mol. The Bertz CT molecular complexity index is 424. The van der Waals surface area contributed by atoms with Gasteiger partial charge in [0.05, 0.1) is 0 Å². The topological polar surface area (TPSA) is 16.1 Å². The van der Waals surface area contributed by atoms with Gasteiger partial charge >= 0.3 is 0 Å². The van der Waals surface area contributed by atoms with E-state index in [9.17, 15) is 0 Å². The van der Waals surface area contributed by atoms with Crippen LogP contribution in [0.2, 0.25) is 0 Å². The van der Waals surface area contributed by atoms with Crippen molar-refractivity contribution in [3.8, 4) is 0 Å². The molecule has 0 amide bonds. The predicted octanol–water partition coefficient (Wildman–Crippen LogP) is 4.15. The molecule has 0 aromatic carbocycles. The number of aromatic nitrogens is 1. The molecular formula is C16H23ClN2. The van der Waals surface area contributed by atoms with Crippen molar-refractivity contribution in [3.63, 3.8) is 0 Å². The van der Waals surface area contributed by atoms with Crippen molar-refractivity contribution in [2.75, 3.05) is 11.4 Å². The van der Waals surface area contributed by atoms with Crippen LogP contribution in [0.3, 0.4) is 0 Å². The highest BCUT2D eigenvalue weighted by atomic mass is 35.5. The highest BCUT2D eigenvalue weighted by Crippen LogP contribution is 2.38. The summed E-state index contributed by atoms with van der Waals surface area (Å²) in [6.07, 6.45) is 7.86. The van der Waals surface area contributed by atoms with Gasteiger partial charge in [0.15, 0.2) is 0 Å². The minimum Gasteiger partial charge on any atom is -0.353 e. The van der Waals surface area contributed by atoms with Crippen molar-refractivity contribution in [1.82, 2.24) is 4.98 Å². The van der Waals surface area contributed by atoms with Gasteiger partial charge in [-0.2, -0.15) is 0 Å². The summed E-state index contributed by atoms with van der Waals surface area (Å²) in [4.78, 5) is 7.42. The minimum atomic E-state index is 0.588. The summed E-state index contributed by atoms with van der Waals surface area (Å²) in [5.41, 5.74) is 2.39. The molecule has 1 aromatic rings. The zero-order valence-corrected chi connectivity index (χ0v) is 12.5. The zero-order chi connectivity index (χ0) is 13.2. The van der Waals surface area contributed by atoms with Crippen LogP contribution in [0.1, 0.15) is 50.3 Å². The first-order chi connectivity index (χ1) is 9.31. The van der Waals surface area contributed by atoms with Crippen molar-refractivity contribution >= 4 is 17.4 Å². The van der Waals surface area contributed by atoms with E-state index in [1.165, 1.54) is 55.7 Å². The second-order valence-corrected chi connectivity index (χ2v) is 6.17. The second-order valence-electron chi connectivity index (χ2n) is 5.91. The zero-order valence-electron chi connectivity index (χ0n) is 11.7. The third-order valence-corrected chi connectivity index (χ3v) is 5.04. The molecule has 1 aliphatic carbocycles. The lowest BCUT2D eigenvalue weighted by Gasteiger charge is -2.39. The van der Waals surface area contributed by atoms with Gasteiger partial charge in [0.1, 0.15) is 5.82 Å². The molecule has 0 radical (unpaired) electrons. The number of aryl methyl sites for hydroxylation is 1. The molecule has 2 unspecified atom stereocenters. The molecule has 3 rings (SSSR count). The highest BCUT2D eigenvalue weighted by molar-refractivity contribution is 6.17. The molecule has 2 atom stereocenters. The first kappa shape index (κ1) is 13.2. The molecule has 1 saturated heterocycles. The number of nitrogens with zero attached hydrogens (tertiary/aromatic N) is 2. The van der Waals surface area contributed by atoms with E-state index in [1.807, 2.05) is 0 Å². The number of anilines is 1. The molecule has 1 saturated carbocycles. The summed E-state index contributed by atoms with van der Waals surface area (Å²) < 4.78 is 0. The van der Waals surface area contributed by atoms with E-state index in [0.717, 1.165) is 18.4 Å². The molecule has 2 fully saturated rings. The van der Waals surface area contributed by atoms with Crippen molar-refractivity contribution in [1.29, 1.82) is 0 Å². The standard InChI is InChI=1S/C16H23ClN2/c1-2-14-9-12(11-17)10-16(18-14)19-8-4-6-13-5-3-7-15(13)19/h9-10,13,15H,2-8,11H2,1H3. The van der Waals surface area contributed by atoms with Gasteiger partial charge in [-0.1, -0.05) is 13.3 Å². The summed E-state index contributed by atoms with van der Waals surface area (Å²) in [5, 5.41) is 0. The normalized spacial score (nSPS) is 26.5. The van der Waals surface area contributed by atoms with Crippen LogP contribution in [-0.2, 0) is 12.3 Å². The summed E-state index contributed by atoms with van der Waals surface area (Å²) >= 11 is 6.03. The Morgan fingerprint density at radius 2 is 2.11 bits per heavy atom. The van der Waals surface area contributed by atoms with Gasteiger partial charge < -0.3 is 4.90 Å². The van der Waals surface area contributed by atoms with Gasteiger partial charge in [-0.3, -0.25) is 0 Å². The van der Waals surface area contributed by atoms with E-state index in [1.54, 1.807) is 0 Å². The number of piperidine rings is 1. The van der Waals surface area contributed by atoms with Gasteiger partial charge in [-0.15, -0.1) is 11.6 Å². The lowest BCUT2D eigenvalue weighted by atomic mass is 9.92. The van der Waals surface area contributed by atoms with Crippen LogP contribution in [0.5, 0.6) is 0 Å². The molecule has 0 N–H and O–H groups in total. The van der Waals surface area contributed by atoms with Crippen LogP contribution in [0.4, 0.5) is 5.82 Å². The Labute approximate surface area is 121 Å². The van der Waals surface area contributed by atoms with Crippen LogP contribution in [0, 0.1) is 5.92 Å². The molecule has 104 valence electrons. The molecule has 1 aliphatic heterocycles. The van der Waals surface area contributed by atoms with Crippen LogP contribution < -0.4 is 4.90 Å². The first-order valence-corrected chi connectivity index (χ1v) is 8.17. The molecule has 3 heteroatoms. The maximum absolute atomic E-state index is 6.03. The monoisotopic (exact) mass is 278 g/mol. The maximum atomic E-state index is 6.03. The molecule has 2 heterocycles. The van der Waals surface area contributed by atoms with Gasteiger partial charge in [-0.25, -0.2) is 4.98 Å². The Morgan fingerprint density at radius 3 is 2.89 bits per heavy atom. The Balaban J connectivity index is 1.91. The van der Waals surface area contributed by atoms with E-state index in [-0.39, 0.29) is 0 Å². The maximum Gasteiger partial charge on any atom is 0.129 e. The molecule has 0 bridgehead atoms. The Kier molecular flexibility index (Phi) is 3.97. The smallest absolute Gasteiger partial charge is 0.129 e. The SMILES string of the molecule is CCc1cc(CCl)cc(N2CCCC3CCCC32)n1. The fourth-order valence-corrected chi connectivity index (χ4v) is 3.93. The fourth-order valence-electron chi connectivity index (χ4n) is 3.78. The van der Waals surface area contributed by atoms with Crippen molar-refractivity contribution in [3.05, 3.63) is 23.4 Å². The quantitative estimate of drug-likeness (QED) is 0.772. The highest BCUT2D eigenvalue weighted by Gasteiger charge is 2.35. The number of hydrogen-bond acceptors (Lipinski definition) is 2. The summed E-state index contributed by atoms with van der Waals surface area (Å²) in [5.74, 6) is 2.66. The summed E-state index contributed by atoms with van der Waals surface area (Å²) in [6, 6.07) is 5.08. The predicted molar refractivity (Wildman–Crippen MR) is 80.9 cm³/mol. The number of rotatable bonds is 3. The minimum absolute atomic E-state index is 0.588. The number of alkyl halides is 1. The van der Waals surface area contributed by atoms with Gasteiger partial charge in [0, 0.05) is 24.2 Å². The van der Waals surface area contributed by atoms with Crippen LogP contribution in [0.25, 0.3) is 0 Å². The fraction of sp³-hybridized carbons (Fsp3) is 0.688. The average molecular weight is 279 g/mol. The van der Waals surface area contributed by atoms with Gasteiger partial charge in [-0.05, 0) is 55.7 Å². The van der Waals surface area contributed by atoms with E-state index < -0.39 is 0 Å². The Hall–Kier alpha value is -0.760. The van der Waals surface area contributed by atoms with E-state index in [2.05, 4.69) is 24.0 Å². The number of pyridine rings is 1. The Morgan fingerprint density at radius 1 is 1.26 bits per heavy atom. The van der Waals surface area contributed by atoms with Gasteiger partial charge in [0.25, 0.3) is 0 Å². The van der Waals surface area contributed by atoms with Crippen molar-refractivity contribution in [2.45, 2.75) is 57.4 Å². The molecule has 1 aromatic heterocycles. The third kappa shape index (κ3) is 2.60. The molecule has 0 spiro atoms.